The lowest BCUT2D eigenvalue weighted by molar-refractivity contribution is -0.139. The summed E-state index contributed by atoms with van der Waals surface area (Å²) in [5.74, 6) is 1.54. The summed E-state index contributed by atoms with van der Waals surface area (Å²) >= 11 is 0. The first-order chi connectivity index (χ1) is 12.2. The SMILES string of the molecule is COc1cc(OC)c2cc(CCCNC(=O)N3CCCCO3)[nH]c2c1. The molecule has 7 nitrogen and oxygen atoms in total. The van der Waals surface area contributed by atoms with Gasteiger partial charge in [-0.2, -0.15) is 0 Å². The van der Waals surface area contributed by atoms with E-state index in [0.717, 1.165) is 53.8 Å². The Balaban J connectivity index is 1.53. The maximum Gasteiger partial charge on any atom is 0.341 e. The van der Waals surface area contributed by atoms with Gasteiger partial charge in [0.2, 0.25) is 0 Å². The standard InChI is InChI=1S/C18H25N3O4/c1-23-14-11-16-15(17(12-14)24-2)10-13(20-16)6-5-7-19-18(22)21-8-3-4-9-25-21/h10-12,20H,3-9H2,1-2H3,(H,19,22). The van der Waals surface area contributed by atoms with Crippen LogP contribution >= 0.6 is 0 Å². The van der Waals surface area contributed by atoms with Gasteiger partial charge in [0, 0.05) is 29.8 Å². The highest BCUT2D eigenvalue weighted by Gasteiger charge is 2.16. The normalized spacial score (nSPS) is 14.6. The van der Waals surface area contributed by atoms with Crippen molar-refractivity contribution in [1.82, 2.24) is 15.4 Å². The van der Waals surface area contributed by atoms with Gasteiger partial charge in [-0.05, 0) is 31.7 Å². The van der Waals surface area contributed by atoms with Crippen LogP contribution in [0.4, 0.5) is 4.79 Å². The fourth-order valence-corrected chi connectivity index (χ4v) is 2.98. The molecule has 2 aromatic rings. The van der Waals surface area contributed by atoms with E-state index in [-0.39, 0.29) is 6.03 Å². The highest BCUT2D eigenvalue weighted by Crippen LogP contribution is 2.31. The second kappa shape index (κ2) is 8.11. The van der Waals surface area contributed by atoms with Crippen molar-refractivity contribution in [1.29, 1.82) is 0 Å². The van der Waals surface area contributed by atoms with Gasteiger partial charge in [-0.15, -0.1) is 0 Å². The van der Waals surface area contributed by atoms with Crippen molar-refractivity contribution < 1.29 is 19.1 Å². The number of hydrogen-bond donors (Lipinski definition) is 2. The number of carbonyl (C=O) groups excluding carboxylic acids is 1. The first-order valence-electron chi connectivity index (χ1n) is 8.63. The zero-order chi connectivity index (χ0) is 17.6. The van der Waals surface area contributed by atoms with Crippen molar-refractivity contribution in [2.45, 2.75) is 25.7 Å². The average molecular weight is 347 g/mol. The van der Waals surface area contributed by atoms with Crippen LogP contribution in [0.3, 0.4) is 0 Å². The third-order valence-electron chi connectivity index (χ3n) is 4.31. The number of rotatable bonds is 6. The molecule has 1 aromatic carbocycles. The Bertz CT molecular complexity index is 722. The van der Waals surface area contributed by atoms with Crippen molar-refractivity contribution in [3.05, 3.63) is 23.9 Å². The Kier molecular flexibility index (Phi) is 5.65. The zero-order valence-electron chi connectivity index (χ0n) is 14.8. The molecule has 2 N–H and O–H groups in total. The van der Waals surface area contributed by atoms with E-state index in [1.165, 1.54) is 5.06 Å². The van der Waals surface area contributed by atoms with Gasteiger partial charge in [-0.25, -0.2) is 9.86 Å². The molecule has 1 saturated heterocycles. The first kappa shape index (κ1) is 17.4. The lowest BCUT2D eigenvalue weighted by Gasteiger charge is -2.25. The zero-order valence-corrected chi connectivity index (χ0v) is 14.8. The molecule has 1 aromatic heterocycles. The molecule has 1 aliphatic rings. The molecule has 0 radical (unpaired) electrons. The third-order valence-corrected chi connectivity index (χ3v) is 4.31. The number of benzene rings is 1. The topological polar surface area (TPSA) is 75.8 Å². The van der Waals surface area contributed by atoms with Crippen LogP contribution in [0.1, 0.15) is 25.0 Å². The largest absolute Gasteiger partial charge is 0.497 e. The number of aromatic nitrogens is 1. The van der Waals surface area contributed by atoms with E-state index in [0.29, 0.717) is 19.7 Å². The van der Waals surface area contributed by atoms with E-state index in [1.807, 2.05) is 12.1 Å². The predicted molar refractivity (Wildman–Crippen MR) is 95.0 cm³/mol. The van der Waals surface area contributed by atoms with E-state index in [2.05, 4.69) is 16.4 Å². The summed E-state index contributed by atoms with van der Waals surface area (Å²) in [4.78, 5) is 20.7. The number of nitrogens with zero attached hydrogens (tertiary/aromatic N) is 1. The Morgan fingerprint density at radius 3 is 2.88 bits per heavy atom. The summed E-state index contributed by atoms with van der Waals surface area (Å²) in [5.41, 5.74) is 2.09. The van der Waals surface area contributed by atoms with E-state index >= 15 is 0 Å². The molecule has 0 spiro atoms. The van der Waals surface area contributed by atoms with Crippen LogP contribution in [0.15, 0.2) is 18.2 Å². The number of carbonyl (C=O) groups is 1. The van der Waals surface area contributed by atoms with Gasteiger partial charge in [-0.3, -0.25) is 4.84 Å². The number of ether oxygens (including phenoxy) is 2. The molecular weight excluding hydrogens is 322 g/mol. The highest BCUT2D eigenvalue weighted by atomic mass is 16.7. The minimum Gasteiger partial charge on any atom is -0.497 e. The monoisotopic (exact) mass is 347 g/mol. The molecule has 136 valence electrons. The molecule has 0 bridgehead atoms. The summed E-state index contributed by atoms with van der Waals surface area (Å²) in [6, 6.07) is 5.77. The molecule has 1 aliphatic heterocycles. The molecule has 0 unspecified atom stereocenters. The molecule has 2 heterocycles. The predicted octanol–water partition coefficient (Wildman–Crippen LogP) is 2.85. The van der Waals surface area contributed by atoms with Crippen LogP contribution in [-0.2, 0) is 11.3 Å². The molecular formula is C18H25N3O4. The molecule has 25 heavy (non-hydrogen) atoms. The van der Waals surface area contributed by atoms with Crippen LogP contribution in [0.25, 0.3) is 10.9 Å². The van der Waals surface area contributed by atoms with Gasteiger partial charge in [0.05, 0.1) is 32.9 Å². The molecule has 0 saturated carbocycles. The number of hydrogen-bond acceptors (Lipinski definition) is 4. The second-order valence-corrected chi connectivity index (χ2v) is 6.06. The number of aryl methyl sites for hydroxylation is 1. The first-order valence-corrected chi connectivity index (χ1v) is 8.63. The smallest absolute Gasteiger partial charge is 0.341 e. The van der Waals surface area contributed by atoms with Crippen LogP contribution in [-0.4, -0.2) is 50.0 Å². The Hall–Kier alpha value is -2.41. The van der Waals surface area contributed by atoms with E-state index in [9.17, 15) is 4.79 Å². The summed E-state index contributed by atoms with van der Waals surface area (Å²) in [5, 5.41) is 5.35. The van der Waals surface area contributed by atoms with Crippen molar-refractivity contribution in [3.63, 3.8) is 0 Å². The lowest BCUT2D eigenvalue weighted by Crippen LogP contribution is -2.43. The fourth-order valence-electron chi connectivity index (χ4n) is 2.98. The van der Waals surface area contributed by atoms with Gasteiger partial charge in [0.15, 0.2) is 0 Å². The number of fused-ring (bicyclic) bond motifs is 1. The molecule has 3 rings (SSSR count). The quantitative estimate of drug-likeness (QED) is 0.788. The molecule has 1 fully saturated rings. The van der Waals surface area contributed by atoms with Crippen molar-refractivity contribution >= 4 is 16.9 Å². The second-order valence-electron chi connectivity index (χ2n) is 6.06. The number of aromatic amines is 1. The Morgan fingerprint density at radius 2 is 2.16 bits per heavy atom. The van der Waals surface area contributed by atoms with Crippen molar-refractivity contribution in [3.8, 4) is 11.5 Å². The summed E-state index contributed by atoms with van der Waals surface area (Å²) < 4.78 is 10.7. The van der Waals surface area contributed by atoms with E-state index in [4.69, 9.17) is 14.3 Å². The van der Waals surface area contributed by atoms with Gasteiger partial charge >= 0.3 is 6.03 Å². The molecule has 2 amide bonds. The van der Waals surface area contributed by atoms with E-state index in [1.54, 1.807) is 14.2 Å². The number of methoxy groups -OCH3 is 2. The number of amides is 2. The molecule has 0 atom stereocenters. The van der Waals surface area contributed by atoms with Crippen LogP contribution < -0.4 is 14.8 Å². The summed E-state index contributed by atoms with van der Waals surface area (Å²) in [6.07, 6.45) is 3.68. The van der Waals surface area contributed by atoms with Gasteiger partial charge in [0.25, 0.3) is 0 Å². The van der Waals surface area contributed by atoms with Gasteiger partial charge < -0.3 is 19.8 Å². The minimum absolute atomic E-state index is 0.150. The van der Waals surface area contributed by atoms with Crippen LogP contribution in [0.2, 0.25) is 0 Å². The summed E-state index contributed by atoms with van der Waals surface area (Å²) in [6.45, 7) is 1.89. The van der Waals surface area contributed by atoms with E-state index < -0.39 is 0 Å². The highest BCUT2D eigenvalue weighted by molar-refractivity contribution is 5.88. The number of H-pyrrole nitrogens is 1. The Morgan fingerprint density at radius 1 is 1.28 bits per heavy atom. The summed E-state index contributed by atoms with van der Waals surface area (Å²) in [7, 11) is 3.29. The van der Waals surface area contributed by atoms with Crippen LogP contribution in [0.5, 0.6) is 11.5 Å². The van der Waals surface area contributed by atoms with Crippen LogP contribution in [0, 0.1) is 0 Å². The van der Waals surface area contributed by atoms with Crippen molar-refractivity contribution in [2.75, 3.05) is 33.9 Å². The van der Waals surface area contributed by atoms with Crippen molar-refractivity contribution in [2.24, 2.45) is 0 Å². The number of nitrogens with one attached hydrogen (secondary N) is 2. The lowest BCUT2D eigenvalue weighted by atomic mass is 10.2. The molecule has 7 heteroatoms. The Labute approximate surface area is 147 Å². The maximum atomic E-state index is 12.0. The third kappa shape index (κ3) is 4.17. The van der Waals surface area contributed by atoms with Gasteiger partial charge in [0.1, 0.15) is 11.5 Å². The maximum absolute atomic E-state index is 12.0. The fraction of sp³-hybridized carbons (Fsp3) is 0.500. The minimum atomic E-state index is -0.150. The molecule has 0 aliphatic carbocycles. The number of urea groups is 1. The number of hydroxylamine groups is 2. The van der Waals surface area contributed by atoms with Gasteiger partial charge in [-0.1, -0.05) is 0 Å². The average Bonchev–Trinajstić information content (AvgIpc) is 3.07.